The highest BCUT2D eigenvalue weighted by molar-refractivity contribution is 7.22. The zero-order valence-corrected chi connectivity index (χ0v) is 26.1. The molecule has 46 heavy (non-hydrogen) atoms. The van der Waals surface area contributed by atoms with E-state index in [1.54, 1.807) is 31.4 Å². The molecule has 242 valence electrons. The molecule has 13 nitrogen and oxygen atoms in total. The Balaban J connectivity index is 1.71. The number of hydrogen-bond donors (Lipinski definition) is 2. The lowest BCUT2D eigenvalue weighted by molar-refractivity contribution is 0.114. The molecule has 0 aliphatic rings. The molecule has 0 spiro atoms. The minimum absolute atomic E-state index is 0.0733. The fourth-order valence-electron chi connectivity index (χ4n) is 4.98. The van der Waals surface area contributed by atoms with E-state index in [9.17, 15) is 23.2 Å². The van der Waals surface area contributed by atoms with Gasteiger partial charge in [-0.15, -0.1) is 11.3 Å². The second kappa shape index (κ2) is 14.6. The van der Waals surface area contributed by atoms with Crippen molar-refractivity contribution < 1.29 is 23.1 Å². The van der Waals surface area contributed by atoms with Crippen molar-refractivity contribution in [2.24, 2.45) is 0 Å². The molecule has 2 amide bonds. The van der Waals surface area contributed by atoms with Crippen molar-refractivity contribution in [3.8, 4) is 10.4 Å². The van der Waals surface area contributed by atoms with Crippen molar-refractivity contribution in [1.29, 1.82) is 0 Å². The number of methoxy groups -OCH3 is 1. The van der Waals surface area contributed by atoms with E-state index >= 15 is 0 Å². The number of anilines is 1. The number of hydrogen-bond acceptors (Lipinski definition) is 9. The van der Waals surface area contributed by atoms with Crippen LogP contribution in [0.2, 0.25) is 0 Å². The lowest BCUT2D eigenvalue weighted by Gasteiger charge is -2.18. The van der Waals surface area contributed by atoms with Crippen LogP contribution in [0, 0.1) is 11.6 Å². The smallest absolute Gasteiger partial charge is 0.343 e. The van der Waals surface area contributed by atoms with Gasteiger partial charge in [0.05, 0.1) is 51.1 Å². The van der Waals surface area contributed by atoms with E-state index in [1.165, 1.54) is 46.3 Å². The second-order valence-corrected chi connectivity index (χ2v) is 11.3. The van der Waals surface area contributed by atoms with Crippen LogP contribution < -0.4 is 22.0 Å². The van der Waals surface area contributed by atoms with Gasteiger partial charge in [-0.25, -0.2) is 23.9 Å². The van der Waals surface area contributed by atoms with Crippen LogP contribution in [0.3, 0.4) is 0 Å². The van der Waals surface area contributed by atoms with Crippen molar-refractivity contribution in [3.05, 3.63) is 98.5 Å². The van der Waals surface area contributed by atoms with E-state index in [2.05, 4.69) is 25.8 Å². The molecular weight excluding hydrogens is 622 g/mol. The Bertz CT molecular complexity index is 1920. The zero-order chi connectivity index (χ0) is 32.8. The number of thiophene rings is 1. The minimum Gasteiger partial charge on any atom is -0.383 e. The highest BCUT2D eigenvalue weighted by Gasteiger charge is 2.25. The largest absolute Gasteiger partial charge is 0.383 e. The maximum absolute atomic E-state index is 14.9. The molecule has 2 N–H and O–H groups in total. The Morgan fingerprint density at radius 2 is 1.67 bits per heavy atom. The third kappa shape index (κ3) is 7.04. The first-order valence-corrected chi connectivity index (χ1v) is 15.0. The number of urea groups is 1. The Labute approximate surface area is 265 Å². The van der Waals surface area contributed by atoms with Crippen LogP contribution in [0.1, 0.15) is 11.1 Å². The van der Waals surface area contributed by atoms with Gasteiger partial charge >= 0.3 is 11.7 Å². The fraction of sp³-hybridized carbons (Fsp3) is 0.300. The summed E-state index contributed by atoms with van der Waals surface area (Å²) in [6, 6.07) is 9.85. The van der Waals surface area contributed by atoms with E-state index < -0.39 is 35.5 Å². The number of halogens is 2. The van der Waals surface area contributed by atoms with Gasteiger partial charge in [-0.1, -0.05) is 18.2 Å². The first-order valence-electron chi connectivity index (χ1n) is 14.2. The molecule has 0 saturated carbocycles. The van der Waals surface area contributed by atoms with Crippen molar-refractivity contribution >= 4 is 33.3 Å². The molecule has 3 aromatic heterocycles. The van der Waals surface area contributed by atoms with Crippen LogP contribution in [0.15, 0.2) is 64.4 Å². The molecule has 0 radical (unpaired) electrons. The van der Waals surface area contributed by atoms with E-state index in [0.717, 1.165) is 16.7 Å². The van der Waals surface area contributed by atoms with Gasteiger partial charge in [-0.2, -0.15) is 15.0 Å². The Morgan fingerprint density at radius 3 is 2.33 bits per heavy atom. The van der Waals surface area contributed by atoms with E-state index in [1.807, 2.05) is 11.9 Å². The summed E-state index contributed by atoms with van der Waals surface area (Å²) >= 11 is 1.18. The number of nitrogens with zero attached hydrogens (tertiary/aromatic N) is 6. The van der Waals surface area contributed by atoms with Crippen LogP contribution in [0.25, 0.3) is 20.7 Å². The van der Waals surface area contributed by atoms with Gasteiger partial charge in [0.2, 0.25) is 0 Å². The van der Waals surface area contributed by atoms with Gasteiger partial charge in [-0.3, -0.25) is 23.7 Å². The average molecular weight is 655 g/mol. The number of amides is 2. The predicted molar refractivity (Wildman–Crippen MR) is 169 cm³/mol. The summed E-state index contributed by atoms with van der Waals surface area (Å²) in [6.07, 6.45) is 2.96. The van der Waals surface area contributed by atoms with Crippen molar-refractivity contribution in [3.63, 3.8) is 0 Å². The van der Waals surface area contributed by atoms with Gasteiger partial charge < -0.3 is 10.1 Å². The summed E-state index contributed by atoms with van der Waals surface area (Å²) in [6.45, 7) is 0.894. The number of hydroxylamine groups is 1. The number of ether oxygens (including phenoxy) is 1. The Hall–Kier alpha value is -4.77. The summed E-state index contributed by atoms with van der Waals surface area (Å²) < 4.78 is 37.3. The van der Waals surface area contributed by atoms with E-state index in [0.29, 0.717) is 41.4 Å². The molecule has 0 fully saturated rings. The lowest BCUT2D eigenvalue weighted by Crippen LogP contribution is -2.41. The Kier molecular flexibility index (Phi) is 10.3. The van der Waals surface area contributed by atoms with Crippen LogP contribution in [-0.4, -0.2) is 69.5 Å². The summed E-state index contributed by atoms with van der Waals surface area (Å²) in [7, 11) is 4.79. The number of likely N-dealkylation sites (N-methyl/N-ethyl adjacent to an activating group) is 1. The topological polar surface area (TPSA) is 138 Å². The summed E-state index contributed by atoms with van der Waals surface area (Å²) in [4.78, 5) is 49.0. The third-order valence-corrected chi connectivity index (χ3v) is 8.53. The number of benzene rings is 2. The monoisotopic (exact) mass is 654 g/mol. The third-order valence-electron chi connectivity index (χ3n) is 7.23. The van der Waals surface area contributed by atoms with Crippen LogP contribution in [0.5, 0.6) is 0 Å². The minimum atomic E-state index is -0.810. The maximum atomic E-state index is 14.9. The molecule has 2 aromatic carbocycles. The zero-order valence-electron chi connectivity index (χ0n) is 25.3. The van der Waals surface area contributed by atoms with Crippen molar-refractivity contribution in [2.75, 3.05) is 39.7 Å². The highest BCUT2D eigenvalue weighted by atomic mass is 32.1. The lowest BCUT2D eigenvalue weighted by atomic mass is 10.1. The molecule has 3 heterocycles. The van der Waals surface area contributed by atoms with Crippen LogP contribution in [0.4, 0.5) is 19.3 Å². The quantitative estimate of drug-likeness (QED) is 0.185. The number of carbonyl (C=O) groups excluding carboxylic acids is 1. The van der Waals surface area contributed by atoms with Gasteiger partial charge in [-0.05, 0) is 42.4 Å². The standard InChI is InChI=1S/C30H32F2N8O5S/c1-37(15-16-44-2)17-22-25-27(41)38(13-14-40-33-11-12-34-40)30(43)39(18-21-23(31)5-4-6-24(21)32)28(25)46-26(22)19-7-9-20(10-8-19)35-29(42)36-45-3/h4-12H,13-18H2,1-3H3,(H2,35,36,42). The Morgan fingerprint density at radius 1 is 0.978 bits per heavy atom. The number of aryl methyl sites for hydroxylation is 1. The molecule has 0 unspecified atom stereocenters. The van der Waals surface area contributed by atoms with E-state index in [4.69, 9.17) is 4.74 Å². The SMILES string of the molecule is COCCN(C)Cc1c(-c2ccc(NC(=O)NOC)cc2)sc2c1c(=O)n(CCn1nccn1)c(=O)n2Cc1c(F)cccc1F. The molecule has 5 rings (SSSR count). The van der Waals surface area contributed by atoms with Gasteiger partial charge in [0.25, 0.3) is 5.56 Å². The van der Waals surface area contributed by atoms with E-state index in [-0.39, 0.29) is 28.9 Å². The number of nitrogens with one attached hydrogen (secondary N) is 2. The van der Waals surface area contributed by atoms with Crippen LogP contribution >= 0.6 is 11.3 Å². The number of fused-ring (bicyclic) bond motifs is 1. The first-order chi connectivity index (χ1) is 22.2. The van der Waals surface area contributed by atoms with Crippen LogP contribution in [-0.2, 0) is 35.8 Å². The van der Waals surface area contributed by atoms with Gasteiger partial charge in [0, 0.05) is 36.3 Å². The maximum Gasteiger partial charge on any atom is 0.343 e. The molecule has 0 atom stereocenters. The molecular formula is C30H32F2N8O5S. The van der Waals surface area contributed by atoms with Crippen molar-refractivity contribution in [2.45, 2.75) is 26.2 Å². The normalized spacial score (nSPS) is 11.4. The molecule has 5 aromatic rings. The molecule has 16 heteroatoms. The second-order valence-electron chi connectivity index (χ2n) is 10.3. The van der Waals surface area contributed by atoms with Crippen molar-refractivity contribution in [1.82, 2.24) is 34.5 Å². The summed E-state index contributed by atoms with van der Waals surface area (Å²) in [5.74, 6) is -1.62. The number of carbonyl (C=O) groups is 1. The van der Waals surface area contributed by atoms with Gasteiger partial charge in [0.15, 0.2) is 0 Å². The highest BCUT2D eigenvalue weighted by Crippen LogP contribution is 2.38. The molecule has 0 aliphatic carbocycles. The number of rotatable bonds is 13. The predicted octanol–water partition coefficient (Wildman–Crippen LogP) is 3.27. The molecule has 0 aliphatic heterocycles. The molecule has 0 saturated heterocycles. The first kappa shape index (κ1) is 32.6. The molecule has 0 bridgehead atoms. The summed E-state index contributed by atoms with van der Waals surface area (Å²) in [5, 5.41) is 11.0. The average Bonchev–Trinajstić information content (AvgIpc) is 3.68. The fourth-order valence-corrected chi connectivity index (χ4v) is 6.28. The number of aromatic nitrogens is 5. The summed E-state index contributed by atoms with van der Waals surface area (Å²) in [5.41, 5.74) is 2.45. The van der Waals surface area contributed by atoms with Gasteiger partial charge in [0.1, 0.15) is 16.5 Å².